The Bertz CT molecular complexity index is 1420. The maximum absolute atomic E-state index is 13.4. The van der Waals surface area contributed by atoms with Crippen LogP contribution in [0.25, 0.3) is 0 Å². The number of nitrogens with one attached hydrogen (secondary N) is 1. The van der Waals surface area contributed by atoms with Crippen LogP contribution in [-0.4, -0.2) is 45.0 Å². The lowest BCUT2D eigenvalue weighted by atomic mass is 9.98. The van der Waals surface area contributed by atoms with Crippen LogP contribution >= 0.6 is 27.5 Å². The normalized spacial score (nSPS) is 15.2. The summed E-state index contributed by atoms with van der Waals surface area (Å²) < 4.78 is 80.6. The first-order chi connectivity index (χ1) is 18.4. The van der Waals surface area contributed by atoms with Crippen molar-refractivity contribution in [2.75, 3.05) is 31.5 Å². The van der Waals surface area contributed by atoms with E-state index in [1.54, 1.807) is 18.2 Å². The molecule has 7 nitrogen and oxygen atoms in total. The van der Waals surface area contributed by atoms with Gasteiger partial charge in [0, 0.05) is 10.7 Å². The van der Waals surface area contributed by atoms with Crippen LogP contribution in [0.15, 0.2) is 64.1 Å². The van der Waals surface area contributed by atoms with Gasteiger partial charge in [0.1, 0.15) is 12.4 Å². The standard InChI is InChI=1S/C26H26BrClF3N3O4S/c1-34-10-8-17(9-11-34)15-37-22-12-18(6-7-21(22)28)16-38-23-13-19(27)14-32-25(23)33-39(35,36)24-5-3-2-4-20(24)26(29,30)31/h2-7,12-14,17H,8-11,15-16H2,1H3,(H,32,33). The number of ether oxygens (including phenoxy) is 2. The zero-order valence-electron chi connectivity index (χ0n) is 20.8. The summed E-state index contributed by atoms with van der Waals surface area (Å²) in [7, 11) is -2.55. The Morgan fingerprint density at radius 2 is 1.82 bits per heavy atom. The highest BCUT2D eigenvalue weighted by Gasteiger charge is 2.37. The van der Waals surface area contributed by atoms with Gasteiger partial charge >= 0.3 is 6.18 Å². The SMILES string of the molecule is CN1CCC(COc2cc(COc3cc(Br)cnc3NS(=O)(=O)c3ccccc3C(F)(F)F)ccc2Cl)CC1. The number of likely N-dealkylation sites (tertiary alicyclic amines) is 1. The Balaban J connectivity index is 1.49. The summed E-state index contributed by atoms with van der Waals surface area (Å²) in [6.07, 6.45) is -1.48. The first-order valence-corrected chi connectivity index (χ1v) is 14.6. The lowest BCUT2D eigenvalue weighted by Gasteiger charge is -2.28. The smallest absolute Gasteiger partial charge is 0.417 e. The highest BCUT2D eigenvalue weighted by Crippen LogP contribution is 2.36. The second-order valence-electron chi connectivity index (χ2n) is 9.21. The molecule has 3 aromatic rings. The predicted molar refractivity (Wildman–Crippen MR) is 146 cm³/mol. The Labute approximate surface area is 238 Å². The van der Waals surface area contributed by atoms with Gasteiger partial charge in [0.15, 0.2) is 11.6 Å². The molecule has 2 heterocycles. The average molecular weight is 649 g/mol. The van der Waals surface area contributed by atoms with Gasteiger partial charge in [-0.05, 0) is 90.7 Å². The molecule has 0 saturated carbocycles. The van der Waals surface area contributed by atoms with Gasteiger partial charge in [-0.2, -0.15) is 13.2 Å². The molecule has 1 aromatic heterocycles. The molecule has 0 bridgehead atoms. The third-order valence-corrected chi connectivity index (χ3v) is 8.38. The van der Waals surface area contributed by atoms with Crippen molar-refractivity contribution in [1.82, 2.24) is 9.88 Å². The van der Waals surface area contributed by atoms with Crippen LogP contribution in [0.3, 0.4) is 0 Å². The van der Waals surface area contributed by atoms with Crippen LogP contribution in [-0.2, 0) is 22.8 Å². The van der Waals surface area contributed by atoms with Crippen LogP contribution in [0.5, 0.6) is 11.5 Å². The quantitative estimate of drug-likeness (QED) is 0.281. The minimum absolute atomic E-state index is 0.00620. The summed E-state index contributed by atoms with van der Waals surface area (Å²) in [4.78, 5) is 5.38. The highest BCUT2D eigenvalue weighted by molar-refractivity contribution is 9.10. The molecule has 4 rings (SSSR count). The summed E-state index contributed by atoms with van der Waals surface area (Å²) in [6, 6.07) is 10.5. The van der Waals surface area contributed by atoms with Gasteiger partial charge < -0.3 is 14.4 Å². The summed E-state index contributed by atoms with van der Waals surface area (Å²) in [5, 5.41) is 0.451. The van der Waals surface area contributed by atoms with E-state index in [-0.39, 0.29) is 18.2 Å². The van der Waals surface area contributed by atoms with E-state index in [0.29, 0.717) is 39.4 Å². The van der Waals surface area contributed by atoms with Crippen molar-refractivity contribution in [2.45, 2.75) is 30.5 Å². The Morgan fingerprint density at radius 1 is 1.10 bits per heavy atom. The number of sulfonamides is 1. The molecular formula is C26H26BrClF3N3O4S. The Kier molecular flexibility index (Phi) is 9.30. The third kappa shape index (κ3) is 7.77. The molecule has 0 spiro atoms. The fourth-order valence-corrected chi connectivity index (χ4v) is 5.80. The van der Waals surface area contributed by atoms with Gasteiger partial charge in [0.05, 0.1) is 22.1 Å². The van der Waals surface area contributed by atoms with Crippen LogP contribution in [0, 0.1) is 5.92 Å². The van der Waals surface area contributed by atoms with E-state index < -0.39 is 26.7 Å². The number of hydrogen-bond acceptors (Lipinski definition) is 6. The molecule has 13 heteroatoms. The zero-order valence-corrected chi connectivity index (χ0v) is 24.0. The summed E-state index contributed by atoms with van der Waals surface area (Å²) in [5.74, 6) is 0.695. The molecule has 0 amide bonds. The van der Waals surface area contributed by atoms with Crippen molar-refractivity contribution < 1.29 is 31.1 Å². The number of aromatic nitrogens is 1. The van der Waals surface area contributed by atoms with E-state index in [4.69, 9.17) is 21.1 Å². The minimum atomic E-state index is -4.86. The molecule has 210 valence electrons. The number of alkyl halides is 3. The molecule has 0 radical (unpaired) electrons. The van der Waals surface area contributed by atoms with E-state index in [2.05, 4.69) is 37.6 Å². The van der Waals surface area contributed by atoms with Crippen molar-refractivity contribution in [3.63, 3.8) is 0 Å². The minimum Gasteiger partial charge on any atom is -0.492 e. The first kappa shape index (κ1) is 29.4. The summed E-state index contributed by atoms with van der Waals surface area (Å²) in [6.45, 7) is 2.57. The molecule has 0 atom stereocenters. The van der Waals surface area contributed by atoms with Crippen molar-refractivity contribution in [1.29, 1.82) is 0 Å². The van der Waals surface area contributed by atoms with Gasteiger partial charge in [0.25, 0.3) is 10.0 Å². The zero-order chi connectivity index (χ0) is 28.2. The number of anilines is 1. The number of benzene rings is 2. The number of halogens is 5. The van der Waals surface area contributed by atoms with Gasteiger partial charge in [-0.3, -0.25) is 4.72 Å². The number of rotatable bonds is 9. The topological polar surface area (TPSA) is 80.8 Å². The van der Waals surface area contributed by atoms with E-state index in [1.165, 1.54) is 18.3 Å². The summed E-state index contributed by atoms with van der Waals surface area (Å²) >= 11 is 9.59. The predicted octanol–water partition coefficient (Wildman–Crippen LogP) is 6.62. The van der Waals surface area contributed by atoms with E-state index in [9.17, 15) is 21.6 Å². The molecule has 1 saturated heterocycles. The number of pyridine rings is 1. The van der Waals surface area contributed by atoms with Crippen molar-refractivity contribution in [2.24, 2.45) is 5.92 Å². The maximum Gasteiger partial charge on any atom is 0.417 e. The largest absolute Gasteiger partial charge is 0.492 e. The number of hydrogen-bond donors (Lipinski definition) is 1. The van der Waals surface area contributed by atoms with Crippen molar-refractivity contribution in [3.05, 3.63) is 75.4 Å². The molecule has 1 aliphatic heterocycles. The second kappa shape index (κ2) is 12.3. The lowest BCUT2D eigenvalue weighted by molar-refractivity contribution is -0.139. The molecular weight excluding hydrogens is 623 g/mol. The van der Waals surface area contributed by atoms with E-state index >= 15 is 0 Å². The average Bonchev–Trinajstić information content (AvgIpc) is 2.89. The molecule has 39 heavy (non-hydrogen) atoms. The Morgan fingerprint density at radius 3 is 2.54 bits per heavy atom. The van der Waals surface area contributed by atoms with E-state index in [1.807, 2.05) is 0 Å². The van der Waals surface area contributed by atoms with E-state index in [0.717, 1.165) is 38.1 Å². The Hall–Kier alpha value is -2.54. The highest BCUT2D eigenvalue weighted by atomic mass is 79.9. The molecule has 1 fully saturated rings. The van der Waals surface area contributed by atoms with Crippen LogP contribution in [0.2, 0.25) is 5.02 Å². The monoisotopic (exact) mass is 647 g/mol. The molecule has 0 aliphatic carbocycles. The molecule has 2 aromatic carbocycles. The van der Waals surface area contributed by atoms with Crippen molar-refractivity contribution in [3.8, 4) is 11.5 Å². The molecule has 1 N–H and O–H groups in total. The van der Waals surface area contributed by atoms with Gasteiger partial charge in [-0.1, -0.05) is 29.8 Å². The summed E-state index contributed by atoms with van der Waals surface area (Å²) in [5.41, 5.74) is -0.597. The van der Waals surface area contributed by atoms with Gasteiger partial charge in [0.2, 0.25) is 0 Å². The van der Waals surface area contributed by atoms with Gasteiger partial charge in [-0.25, -0.2) is 13.4 Å². The van der Waals surface area contributed by atoms with Crippen LogP contribution < -0.4 is 14.2 Å². The molecule has 0 unspecified atom stereocenters. The second-order valence-corrected chi connectivity index (χ2v) is 12.2. The molecule has 1 aliphatic rings. The van der Waals surface area contributed by atoms with Crippen LogP contribution in [0.1, 0.15) is 24.0 Å². The third-order valence-electron chi connectivity index (χ3n) is 6.23. The fraction of sp³-hybridized carbons (Fsp3) is 0.346. The fourth-order valence-electron chi connectivity index (χ4n) is 4.07. The first-order valence-electron chi connectivity index (χ1n) is 12.0. The number of nitrogens with zero attached hydrogens (tertiary/aromatic N) is 2. The van der Waals surface area contributed by atoms with Crippen molar-refractivity contribution >= 4 is 43.4 Å². The number of piperidine rings is 1. The maximum atomic E-state index is 13.4. The lowest BCUT2D eigenvalue weighted by Crippen LogP contribution is -2.32. The van der Waals surface area contributed by atoms with Gasteiger partial charge in [-0.15, -0.1) is 0 Å². The van der Waals surface area contributed by atoms with Crippen LogP contribution in [0.4, 0.5) is 19.0 Å².